The van der Waals surface area contributed by atoms with Crippen molar-refractivity contribution >= 4 is 23.1 Å². The van der Waals surface area contributed by atoms with Crippen molar-refractivity contribution in [3.8, 4) is 0 Å². The van der Waals surface area contributed by atoms with Crippen molar-refractivity contribution in [1.82, 2.24) is 5.32 Å². The summed E-state index contributed by atoms with van der Waals surface area (Å²) in [5.74, 6) is 0.820. The van der Waals surface area contributed by atoms with Crippen LogP contribution in [0.2, 0.25) is 0 Å². The first kappa shape index (κ1) is 14.6. The molecule has 1 heterocycles. The van der Waals surface area contributed by atoms with Crippen LogP contribution in [0.1, 0.15) is 12.5 Å². The molecule has 1 aromatic carbocycles. The van der Waals surface area contributed by atoms with Gasteiger partial charge in [-0.15, -0.1) is 11.8 Å². The minimum absolute atomic E-state index is 0.175. The molecular formula is C15H18FNS2. The molecule has 19 heavy (non-hydrogen) atoms. The maximum Gasteiger partial charge on any atom is 0.123 e. The van der Waals surface area contributed by atoms with Gasteiger partial charge in [0.1, 0.15) is 5.82 Å². The highest BCUT2D eigenvalue weighted by molar-refractivity contribution is 7.99. The maximum absolute atomic E-state index is 12.8. The molecule has 4 heteroatoms. The fraction of sp³-hybridized carbons (Fsp3) is 0.333. The summed E-state index contributed by atoms with van der Waals surface area (Å²) in [4.78, 5) is 1.12. The third-order valence-corrected chi connectivity index (χ3v) is 4.73. The number of likely N-dealkylation sites (N-methyl/N-ethyl adjacent to an activating group) is 1. The highest BCUT2D eigenvalue weighted by atomic mass is 32.2. The van der Waals surface area contributed by atoms with Crippen LogP contribution in [-0.4, -0.2) is 18.3 Å². The first-order valence-electron chi connectivity index (χ1n) is 6.40. The largest absolute Gasteiger partial charge is 0.313 e. The molecule has 1 nitrogen and oxygen atoms in total. The zero-order valence-electron chi connectivity index (χ0n) is 10.9. The molecular weight excluding hydrogens is 277 g/mol. The second-order valence-corrected chi connectivity index (χ2v) is 6.23. The van der Waals surface area contributed by atoms with Gasteiger partial charge in [0.15, 0.2) is 0 Å². The lowest BCUT2D eigenvalue weighted by Crippen LogP contribution is -2.33. The van der Waals surface area contributed by atoms with Gasteiger partial charge in [-0.05, 0) is 59.6 Å². The number of nitrogens with one attached hydrogen (secondary N) is 1. The predicted octanol–water partition coefficient (Wildman–Crippen LogP) is 4.20. The highest BCUT2D eigenvalue weighted by Gasteiger charge is 2.09. The van der Waals surface area contributed by atoms with E-state index in [1.165, 1.54) is 17.7 Å². The summed E-state index contributed by atoms with van der Waals surface area (Å²) in [6.07, 6.45) is 1.05. The van der Waals surface area contributed by atoms with Gasteiger partial charge in [-0.2, -0.15) is 11.3 Å². The minimum atomic E-state index is -0.175. The molecule has 0 bridgehead atoms. The summed E-state index contributed by atoms with van der Waals surface area (Å²) >= 11 is 3.51. The predicted molar refractivity (Wildman–Crippen MR) is 82.6 cm³/mol. The molecule has 0 saturated heterocycles. The molecule has 0 spiro atoms. The first-order chi connectivity index (χ1) is 9.28. The number of hydrogen-bond donors (Lipinski definition) is 1. The van der Waals surface area contributed by atoms with E-state index >= 15 is 0 Å². The molecule has 0 radical (unpaired) electrons. The number of benzene rings is 1. The molecule has 0 saturated carbocycles. The first-order valence-corrected chi connectivity index (χ1v) is 8.33. The Balaban J connectivity index is 1.87. The van der Waals surface area contributed by atoms with Crippen molar-refractivity contribution in [2.75, 3.05) is 12.3 Å². The van der Waals surface area contributed by atoms with E-state index in [1.807, 2.05) is 12.1 Å². The van der Waals surface area contributed by atoms with Crippen LogP contribution in [-0.2, 0) is 6.42 Å². The molecule has 0 aliphatic rings. The fourth-order valence-electron chi connectivity index (χ4n) is 1.90. The minimum Gasteiger partial charge on any atom is -0.313 e. The van der Waals surface area contributed by atoms with Gasteiger partial charge in [0.25, 0.3) is 0 Å². The van der Waals surface area contributed by atoms with E-state index in [2.05, 4.69) is 29.1 Å². The summed E-state index contributed by atoms with van der Waals surface area (Å²) in [5, 5.41) is 7.83. The lowest BCUT2D eigenvalue weighted by Gasteiger charge is -2.17. The second-order valence-electron chi connectivity index (χ2n) is 4.36. The van der Waals surface area contributed by atoms with E-state index in [4.69, 9.17) is 0 Å². The van der Waals surface area contributed by atoms with Gasteiger partial charge in [-0.1, -0.05) is 6.92 Å². The van der Waals surface area contributed by atoms with Crippen molar-refractivity contribution in [3.63, 3.8) is 0 Å². The Morgan fingerprint density at radius 3 is 2.68 bits per heavy atom. The van der Waals surface area contributed by atoms with E-state index in [0.717, 1.165) is 23.6 Å². The van der Waals surface area contributed by atoms with Gasteiger partial charge in [0.2, 0.25) is 0 Å². The molecule has 1 unspecified atom stereocenters. The topological polar surface area (TPSA) is 12.0 Å². The van der Waals surface area contributed by atoms with Crippen LogP contribution in [0.25, 0.3) is 0 Å². The maximum atomic E-state index is 12.8. The van der Waals surface area contributed by atoms with Gasteiger partial charge < -0.3 is 5.32 Å². The summed E-state index contributed by atoms with van der Waals surface area (Å²) in [6.45, 7) is 3.10. The van der Waals surface area contributed by atoms with Crippen molar-refractivity contribution in [3.05, 3.63) is 52.5 Å². The molecule has 0 fully saturated rings. The summed E-state index contributed by atoms with van der Waals surface area (Å²) in [7, 11) is 0. The van der Waals surface area contributed by atoms with Gasteiger partial charge in [0.05, 0.1) is 0 Å². The Morgan fingerprint density at radius 2 is 2.05 bits per heavy atom. The zero-order chi connectivity index (χ0) is 13.5. The molecule has 2 rings (SSSR count). The zero-order valence-corrected chi connectivity index (χ0v) is 12.6. The van der Waals surface area contributed by atoms with E-state index < -0.39 is 0 Å². The van der Waals surface area contributed by atoms with E-state index in [9.17, 15) is 4.39 Å². The molecule has 0 aliphatic carbocycles. The normalized spacial score (nSPS) is 12.5. The smallest absolute Gasteiger partial charge is 0.123 e. The van der Waals surface area contributed by atoms with Crippen LogP contribution in [0.5, 0.6) is 0 Å². The van der Waals surface area contributed by atoms with E-state index in [-0.39, 0.29) is 5.82 Å². The van der Waals surface area contributed by atoms with Crippen molar-refractivity contribution in [2.24, 2.45) is 0 Å². The Labute approximate surface area is 122 Å². The Kier molecular flexibility index (Phi) is 5.89. The average molecular weight is 295 g/mol. The van der Waals surface area contributed by atoms with Crippen LogP contribution in [0.3, 0.4) is 0 Å². The number of rotatable bonds is 7. The summed E-state index contributed by atoms with van der Waals surface area (Å²) < 4.78 is 12.8. The van der Waals surface area contributed by atoms with Gasteiger partial charge >= 0.3 is 0 Å². The van der Waals surface area contributed by atoms with Crippen molar-refractivity contribution < 1.29 is 4.39 Å². The van der Waals surface area contributed by atoms with Gasteiger partial charge in [-0.25, -0.2) is 4.39 Å². The molecule has 1 N–H and O–H groups in total. The number of hydrogen-bond acceptors (Lipinski definition) is 3. The number of thiophene rings is 1. The Morgan fingerprint density at radius 1 is 1.26 bits per heavy atom. The van der Waals surface area contributed by atoms with Crippen LogP contribution in [0.4, 0.5) is 4.39 Å². The van der Waals surface area contributed by atoms with Crippen LogP contribution >= 0.6 is 23.1 Å². The molecule has 1 atom stereocenters. The molecule has 1 aromatic heterocycles. The molecule has 0 aliphatic heterocycles. The van der Waals surface area contributed by atoms with Gasteiger partial charge in [-0.3, -0.25) is 0 Å². The monoisotopic (exact) mass is 295 g/mol. The quantitative estimate of drug-likeness (QED) is 0.768. The molecule has 102 valence electrons. The van der Waals surface area contributed by atoms with Crippen LogP contribution < -0.4 is 5.32 Å². The molecule has 0 amide bonds. The SMILES string of the molecule is CCNC(CSc1ccc(F)cc1)Cc1ccsc1. The Bertz CT molecular complexity index is 467. The highest BCUT2D eigenvalue weighted by Crippen LogP contribution is 2.20. The number of halogens is 1. The van der Waals surface area contributed by atoms with E-state index in [0.29, 0.717) is 6.04 Å². The standard InChI is InChI=1S/C15H18FNS2/c1-2-17-14(9-12-7-8-18-10-12)11-19-15-5-3-13(16)4-6-15/h3-8,10,14,17H,2,9,11H2,1H3. The third kappa shape index (κ3) is 4.97. The van der Waals surface area contributed by atoms with Crippen LogP contribution in [0.15, 0.2) is 46.0 Å². The van der Waals surface area contributed by atoms with Crippen LogP contribution in [0, 0.1) is 5.82 Å². The fourth-order valence-corrected chi connectivity index (χ4v) is 3.54. The van der Waals surface area contributed by atoms with Gasteiger partial charge in [0, 0.05) is 16.7 Å². The third-order valence-electron chi connectivity index (χ3n) is 2.82. The summed E-state index contributed by atoms with van der Waals surface area (Å²) in [6, 6.07) is 9.35. The average Bonchev–Trinajstić information content (AvgIpc) is 2.91. The summed E-state index contributed by atoms with van der Waals surface area (Å²) in [5.41, 5.74) is 1.38. The Hall–Kier alpha value is -0.840. The van der Waals surface area contributed by atoms with Crippen molar-refractivity contribution in [1.29, 1.82) is 0 Å². The number of thioether (sulfide) groups is 1. The van der Waals surface area contributed by atoms with Crippen molar-refractivity contribution in [2.45, 2.75) is 24.3 Å². The molecule has 2 aromatic rings. The lowest BCUT2D eigenvalue weighted by atomic mass is 10.1. The van der Waals surface area contributed by atoms with E-state index in [1.54, 1.807) is 23.1 Å². The second kappa shape index (κ2) is 7.68. The lowest BCUT2D eigenvalue weighted by molar-refractivity contribution is 0.573.